The highest BCUT2D eigenvalue weighted by Gasteiger charge is 2.62. The number of imide groups is 1. The Bertz CT molecular complexity index is 1760. The summed E-state index contributed by atoms with van der Waals surface area (Å²) in [4.78, 5) is 55.4. The molecule has 4 aromatic carbocycles. The maximum Gasteiger partial charge on any atom is 0.340 e. The Kier molecular flexibility index (Phi) is 6.71. The molecule has 1 fully saturated rings. The molecule has 1 saturated heterocycles. The zero-order valence-electron chi connectivity index (χ0n) is 22.8. The molecule has 8 rings (SSSR count). The quantitative estimate of drug-likeness (QED) is 0.193. The van der Waals surface area contributed by atoms with Gasteiger partial charge in [-0.3, -0.25) is 14.4 Å². The first kappa shape index (κ1) is 27.6. The van der Waals surface area contributed by atoms with Gasteiger partial charge in [-0.1, -0.05) is 72.3 Å². The molecule has 1 N–H and O–H groups in total. The molecule has 7 nitrogen and oxygen atoms in total. The first-order valence-corrected chi connectivity index (χ1v) is 15.0. The van der Waals surface area contributed by atoms with Crippen molar-refractivity contribution in [2.75, 3.05) is 16.8 Å². The fourth-order valence-corrected chi connectivity index (χ4v) is 7.53. The molecule has 1 heterocycles. The van der Waals surface area contributed by atoms with Crippen molar-refractivity contribution in [2.24, 2.45) is 11.8 Å². The summed E-state index contributed by atoms with van der Waals surface area (Å²) in [6, 6.07) is 25.8. The van der Waals surface area contributed by atoms with Crippen LogP contribution in [0.25, 0.3) is 0 Å². The molecular formula is C34H24BrClN2O5. The van der Waals surface area contributed by atoms with E-state index in [0.29, 0.717) is 20.7 Å². The summed E-state index contributed by atoms with van der Waals surface area (Å²) in [5.41, 5.74) is 5.59. The molecule has 2 bridgehead atoms. The molecule has 2 atom stereocenters. The van der Waals surface area contributed by atoms with Gasteiger partial charge in [-0.05, 0) is 74.9 Å². The van der Waals surface area contributed by atoms with Crippen LogP contribution in [0.4, 0.5) is 11.4 Å². The molecule has 0 radical (unpaired) electrons. The van der Waals surface area contributed by atoms with Gasteiger partial charge in [-0.15, -0.1) is 0 Å². The molecule has 3 aliphatic carbocycles. The van der Waals surface area contributed by atoms with E-state index in [4.69, 9.17) is 16.3 Å². The summed E-state index contributed by atoms with van der Waals surface area (Å²) in [6.45, 7) is 1.19. The third-order valence-electron chi connectivity index (χ3n) is 8.76. The van der Waals surface area contributed by atoms with E-state index < -0.39 is 30.3 Å². The highest BCUT2D eigenvalue weighted by atomic mass is 79.9. The van der Waals surface area contributed by atoms with E-state index in [2.05, 4.69) is 21.2 Å². The zero-order chi connectivity index (χ0) is 30.0. The second kappa shape index (κ2) is 10.5. The van der Waals surface area contributed by atoms with E-state index in [1.54, 1.807) is 37.3 Å². The minimum Gasteiger partial charge on any atom is -0.452 e. The maximum absolute atomic E-state index is 14.2. The fourth-order valence-electron chi connectivity index (χ4n) is 6.94. The van der Waals surface area contributed by atoms with Gasteiger partial charge in [0.15, 0.2) is 6.61 Å². The Morgan fingerprint density at radius 1 is 0.814 bits per heavy atom. The minimum absolute atomic E-state index is 0.0286. The monoisotopic (exact) mass is 654 g/mol. The molecule has 0 saturated carbocycles. The van der Waals surface area contributed by atoms with Crippen LogP contribution in [0, 0.1) is 18.8 Å². The number of halogens is 2. The molecule has 43 heavy (non-hydrogen) atoms. The lowest BCUT2D eigenvalue weighted by atomic mass is 9.55. The van der Waals surface area contributed by atoms with Gasteiger partial charge in [-0.25, -0.2) is 9.69 Å². The average molecular weight is 656 g/mol. The fraction of sp³-hybridized carbons (Fsp3) is 0.176. The number of ether oxygens (including phenoxy) is 1. The highest BCUT2D eigenvalue weighted by molar-refractivity contribution is 9.10. The molecule has 3 amide bonds. The van der Waals surface area contributed by atoms with Crippen LogP contribution >= 0.6 is 27.5 Å². The lowest BCUT2D eigenvalue weighted by Crippen LogP contribution is -2.41. The van der Waals surface area contributed by atoms with Crippen LogP contribution < -0.4 is 10.2 Å². The second-order valence-electron chi connectivity index (χ2n) is 11.0. The van der Waals surface area contributed by atoms with E-state index in [-0.39, 0.29) is 34.9 Å². The summed E-state index contributed by atoms with van der Waals surface area (Å²) in [7, 11) is 0. The van der Waals surface area contributed by atoms with Gasteiger partial charge in [0.05, 0.1) is 28.1 Å². The topological polar surface area (TPSA) is 92.8 Å². The van der Waals surface area contributed by atoms with Crippen molar-refractivity contribution in [3.8, 4) is 0 Å². The summed E-state index contributed by atoms with van der Waals surface area (Å²) in [5, 5.41) is 3.16. The van der Waals surface area contributed by atoms with Gasteiger partial charge in [0, 0.05) is 22.0 Å². The van der Waals surface area contributed by atoms with Crippen LogP contribution in [0.15, 0.2) is 89.4 Å². The van der Waals surface area contributed by atoms with Crippen molar-refractivity contribution < 1.29 is 23.9 Å². The van der Waals surface area contributed by atoms with Crippen LogP contribution in [-0.4, -0.2) is 30.3 Å². The summed E-state index contributed by atoms with van der Waals surface area (Å²) >= 11 is 9.60. The van der Waals surface area contributed by atoms with Crippen molar-refractivity contribution in [3.63, 3.8) is 0 Å². The largest absolute Gasteiger partial charge is 0.452 e. The maximum atomic E-state index is 14.2. The third kappa shape index (κ3) is 4.23. The van der Waals surface area contributed by atoms with Gasteiger partial charge < -0.3 is 10.1 Å². The molecule has 214 valence electrons. The van der Waals surface area contributed by atoms with Crippen LogP contribution in [-0.2, 0) is 19.1 Å². The van der Waals surface area contributed by atoms with Crippen LogP contribution in [0.3, 0.4) is 0 Å². The molecule has 4 aromatic rings. The van der Waals surface area contributed by atoms with Crippen LogP contribution in [0.2, 0.25) is 5.02 Å². The van der Waals surface area contributed by atoms with E-state index >= 15 is 0 Å². The van der Waals surface area contributed by atoms with E-state index in [1.807, 2.05) is 48.5 Å². The van der Waals surface area contributed by atoms with Crippen molar-refractivity contribution in [1.82, 2.24) is 0 Å². The van der Waals surface area contributed by atoms with Crippen molar-refractivity contribution >= 4 is 62.6 Å². The Labute approximate surface area is 260 Å². The number of amides is 3. The molecule has 4 aliphatic rings. The Morgan fingerprint density at radius 2 is 1.33 bits per heavy atom. The van der Waals surface area contributed by atoms with Crippen LogP contribution in [0.1, 0.15) is 50.0 Å². The molecule has 9 heteroatoms. The predicted octanol–water partition coefficient (Wildman–Crippen LogP) is 6.60. The Balaban J connectivity index is 1.16. The number of carbonyl (C=O) groups excluding carboxylic acids is 4. The summed E-state index contributed by atoms with van der Waals surface area (Å²) in [6.07, 6.45) is 0. The number of nitrogens with zero attached hydrogens (tertiary/aromatic N) is 1. The molecular weight excluding hydrogens is 632 g/mol. The van der Waals surface area contributed by atoms with E-state index in [9.17, 15) is 19.2 Å². The number of nitrogens with one attached hydrogen (secondary N) is 1. The van der Waals surface area contributed by atoms with Gasteiger partial charge in [0.1, 0.15) is 0 Å². The van der Waals surface area contributed by atoms with E-state index in [1.165, 1.54) is 6.07 Å². The number of para-hydroxylation sites is 1. The number of carbonyl (C=O) groups is 4. The van der Waals surface area contributed by atoms with Gasteiger partial charge in [-0.2, -0.15) is 0 Å². The lowest BCUT2D eigenvalue weighted by molar-refractivity contribution is -0.122. The third-order valence-corrected chi connectivity index (χ3v) is 10.1. The van der Waals surface area contributed by atoms with Gasteiger partial charge in [0.25, 0.3) is 5.91 Å². The predicted molar refractivity (Wildman–Crippen MR) is 165 cm³/mol. The van der Waals surface area contributed by atoms with Gasteiger partial charge >= 0.3 is 5.97 Å². The minimum atomic E-state index is -0.818. The lowest BCUT2D eigenvalue weighted by Gasteiger charge is -2.45. The normalized spacial score (nSPS) is 21.2. The van der Waals surface area contributed by atoms with Crippen molar-refractivity contribution in [1.29, 1.82) is 0 Å². The molecule has 0 unspecified atom stereocenters. The molecule has 1 aliphatic heterocycles. The average Bonchev–Trinajstić information content (AvgIpc) is 3.30. The first-order chi connectivity index (χ1) is 20.8. The van der Waals surface area contributed by atoms with E-state index in [0.717, 1.165) is 27.2 Å². The number of anilines is 2. The smallest absolute Gasteiger partial charge is 0.340 e. The number of esters is 1. The van der Waals surface area contributed by atoms with Gasteiger partial charge in [0.2, 0.25) is 11.8 Å². The number of hydrogen-bond acceptors (Lipinski definition) is 5. The first-order valence-electron chi connectivity index (χ1n) is 13.8. The molecule has 0 aromatic heterocycles. The zero-order valence-corrected chi connectivity index (χ0v) is 25.2. The SMILES string of the molecule is Cc1c(NC(=O)COC(=O)c2ccccc2N2C(=O)[C@@H]3C4c5ccccc5C(c5ccccc54)[C@@H]3C2=O)ccc(Br)c1Cl. The van der Waals surface area contributed by atoms with Crippen molar-refractivity contribution in [2.45, 2.75) is 18.8 Å². The Hall–Kier alpha value is -4.27. The molecule has 0 spiro atoms. The highest BCUT2D eigenvalue weighted by Crippen LogP contribution is 2.61. The number of benzene rings is 4. The standard InChI is InChI=1S/C34H24BrClN2O5/c1-17-24(15-14-23(35)31(17)36)37-26(39)16-43-34(42)22-12-6-7-13-25(22)38-32(40)29-27-18-8-2-3-9-19(18)28(30(29)33(38)41)21-11-5-4-10-20(21)27/h2-15,27-30H,16H2,1H3,(H,37,39)/t27?,28?,29-,30+. The van der Waals surface area contributed by atoms with Crippen molar-refractivity contribution in [3.05, 3.63) is 128 Å². The number of hydrogen-bond donors (Lipinski definition) is 1. The summed E-state index contributed by atoms with van der Waals surface area (Å²) < 4.78 is 6.05. The summed E-state index contributed by atoms with van der Waals surface area (Å²) in [5.74, 6) is -3.75. The number of rotatable bonds is 5. The van der Waals surface area contributed by atoms with Crippen LogP contribution in [0.5, 0.6) is 0 Å². The second-order valence-corrected chi connectivity index (χ2v) is 12.2. The Morgan fingerprint density at radius 3 is 1.88 bits per heavy atom.